The summed E-state index contributed by atoms with van der Waals surface area (Å²) in [5, 5.41) is 2.68. The van der Waals surface area contributed by atoms with Crippen LogP contribution in [-0.2, 0) is 9.53 Å². The zero-order valence-electron chi connectivity index (χ0n) is 11.9. The highest BCUT2D eigenvalue weighted by Crippen LogP contribution is 2.50. The highest BCUT2D eigenvalue weighted by molar-refractivity contribution is 5.84. The maximum Gasteiger partial charge on any atom is 0.408 e. The minimum Gasteiger partial charge on any atom is -0.444 e. The van der Waals surface area contributed by atoms with Crippen LogP contribution < -0.4 is 11.1 Å². The van der Waals surface area contributed by atoms with Gasteiger partial charge in [-0.15, -0.1) is 0 Å². The highest BCUT2D eigenvalue weighted by Gasteiger charge is 2.48. The molecule has 1 atom stereocenters. The number of nitrogens with two attached hydrogens (primary N) is 1. The molecule has 2 aliphatic rings. The second kappa shape index (κ2) is 5.02. The number of rotatable bonds is 5. The quantitative estimate of drug-likeness (QED) is 0.797. The first-order valence-corrected chi connectivity index (χ1v) is 7.07. The number of carbonyl (C=O) groups excluding carboxylic acids is 2. The van der Waals surface area contributed by atoms with Gasteiger partial charge in [-0.25, -0.2) is 4.79 Å². The molecule has 0 aliphatic heterocycles. The molecular weight excluding hydrogens is 244 g/mol. The zero-order chi connectivity index (χ0) is 14.2. The van der Waals surface area contributed by atoms with Crippen LogP contribution in [0.5, 0.6) is 0 Å². The fourth-order valence-corrected chi connectivity index (χ4v) is 2.68. The standard InChI is InChI=1S/C14H24N2O3/c1-14(2,3)19-13(18)16-11(12(15)17)10(8-4-5-8)9-6-7-9/h8-11H,4-7H2,1-3H3,(H2,15,17)(H,16,18). The van der Waals surface area contributed by atoms with Crippen LogP contribution >= 0.6 is 0 Å². The molecule has 0 bridgehead atoms. The minimum atomic E-state index is -0.588. The lowest BCUT2D eigenvalue weighted by atomic mass is 9.89. The second-order valence-electron chi connectivity index (χ2n) is 6.78. The van der Waals surface area contributed by atoms with Crippen molar-refractivity contribution in [2.75, 3.05) is 0 Å². The van der Waals surface area contributed by atoms with E-state index in [9.17, 15) is 9.59 Å². The Labute approximate surface area is 114 Å². The molecule has 1 unspecified atom stereocenters. The monoisotopic (exact) mass is 268 g/mol. The topological polar surface area (TPSA) is 81.4 Å². The minimum absolute atomic E-state index is 0.199. The molecule has 0 saturated heterocycles. The first-order chi connectivity index (χ1) is 8.78. The lowest BCUT2D eigenvalue weighted by Crippen LogP contribution is -2.51. The van der Waals surface area contributed by atoms with Crippen molar-refractivity contribution in [1.29, 1.82) is 0 Å². The summed E-state index contributed by atoms with van der Waals surface area (Å²) in [7, 11) is 0. The molecule has 2 amide bonds. The van der Waals surface area contributed by atoms with Crippen LogP contribution in [0.25, 0.3) is 0 Å². The fraction of sp³-hybridized carbons (Fsp3) is 0.857. The fourth-order valence-electron chi connectivity index (χ4n) is 2.68. The summed E-state index contributed by atoms with van der Waals surface area (Å²) in [6, 6.07) is -0.588. The van der Waals surface area contributed by atoms with E-state index in [0.717, 1.165) is 25.7 Å². The Hall–Kier alpha value is -1.26. The maximum absolute atomic E-state index is 11.8. The summed E-state index contributed by atoms with van der Waals surface area (Å²) < 4.78 is 5.21. The first kappa shape index (κ1) is 14.2. The predicted molar refractivity (Wildman–Crippen MR) is 71.3 cm³/mol. The molecule has 5 nitrogen and oxygen atoms in total. The number of alkyl carbamates (subject to hydrolysis) is 1. The Balaban J connectivity index is 1.99. The van der Waals surface area contributed by atoms with Crippen LogP contribution in [0.15, 0.2) is 0 Å². The van der Waals surface area contributed by atoms with Gasteiger partial charge in [0.15, 0.2) is 0 Å². The van der Waals surface area contributed by atoms with Crippen molar-refractivity contribution >= 4 is 12.0 Å². The number of ether oxygens (including phenoxy) is 1. The summed E-state index contributed by atoms with van der Waals surface area (Å²) in [5.74, 6) is 0.833. The number of amides is 2. The van der Waals surface area contributed by atoms with E-state index < -0.39 is 23.6 Å². The van der Waals surface area contributed by atoms with Gasteiger partial charge in [0.1, 0.15) is 11.6 Å². The van der Waals surface area contributed by atoms with Crippen LogP contribution in [0, 0.1) is 17.8 Å². The summed E-state index contributed by atoms with van der Waals surface area (Å²) in [4.78, 5) is 23.5. The molecule has 0 aromatic rings. The molecule has 19 heavy (non-hydrogen) atoms. The molecule has 0 aromatic heterocycles. The third-order valence-electron chi connectivity index (χ3n) is 3.70. The largest absolute Gasteiger partial charge is 0.444 e. The van der Waals surface area contributed by atoms with E-state index in [1.54, 1.807) is 20.8 Å². The van der Waals surface area contributed by atoms with Crippen molar-refractivity contribution in [3.63, 3.8) is 0 Å². The van der Waals surface area contributed by atoms with E-state index in [2.05, 4.69) is 5.32 Å². The SMILES string of the molecule is CC(C)(C)OC(=O)NC(C(N)=O)C(C1CC1)C1CC1. The third-order valence-corrected chi connectivity index (χ3v) is 3.70. The third kappa shape index (κ3) is 4.11. The van der Waals surface area contributed by atoms with E-state index in [0.29, 0.717) is 11.8 Å². The summed E-state index contributed by atoms with van der Waals surface area (Å²) in [5.41, 5.74) is 4.90. The molecule has 2 rings (SSSR count). The average Bonchev–Trinajstić information content (AvgIpc) is 3.09. The van der Waals surface area contributed by atoms with Crippen molar-refractivity contribution < 1.29 is 14.3 Å². The van der Waals surface area contributed by atoms with Crippen molar-refractivity contribution in [2.45, 2.75) is 58.1 Å². The Morgan fingerprint density at radius 3 is 1.95 bits per heavy atom. The van der Waals surface area contributed by atoms with E-state index in [-0.39, 0.29) is 5.92 Å². The molecule has 0 aromatic carbocycles. The molecule has 5 heteroatoms. The van der Waals surface area contributed by atoms with Crippen LogP contribution in [0.1, 0.15) is 46.5 Å². The number of hydrogen-bond donors (Lipinski definition) is 2. The van der Waals surface area contributed by atoms with Crippen molar-refractivity contribution in [3.05, 3.63) is 0 Å². The van der Waals surface area contributed by atoms with Crippen molar-refractivity contribution in [3.8, 4) is 0 Å². The van der Waals surface area contributed by atoms with E-state index >= 15 is 0 Å². The molecule has 2 saturated carbocycles. The second-order valence-corrected chi connectivity index (χ2v) is 6.78. The Kier molecular flexibility index (Phi) is 3.74. The Morgan fingerprint density at radius 1 is 1.16 bits per heavy atom. The maximum atomic E-state index is 11.8. The predicted octanol–water partition coefficient (Wildman–Crippen LogP) is 1.80. The summed E-state index contributed by atoms with van der Waals surface area (Å²) in [6.07, 6.45) is 4.01. The zero-order valence-corrected chi connectivity index (χ0v) is 11.9. The average molecular weight is 268 g/mol. The van der Waals surface area contributed by atoms with Gasteiger partial charge in [0.2, 0.25) is 5.91 Å². The van der Waals surface area contributed by atoms with Crippen LogP contribution in [0.2, 0.25) is 0 Å². The van der Waals surface area contributed by atoms with E-state index in [1.807, 2.05) is 0 Å². The van der Waals surface area contributed by atoms with Gasteiger partial charge in [-0.3, -0.25) is 4.79 Å². The Morgan fingerprint density at radius 2 is 1.63 bits per heavy atom. The lowest BCUT2D eigenvalue weighted by Gasteiger charge is -2.27. The summed E-state index contributed by atoms with van der Waals surface area (Å²) in [6.45, 7) is 5.39. The van der Waals surface area contributed by atoms with Gasteiger partial charge in [0.25, 0.3) is 0 Å². The lowest BCUT2D eigenvalue weighted by molar-refractivity contribution is -0.121. The molecule has 2 fully saturated rings. The smallest absolute Gasteiger partial charge is 0.408 e. The van der Waals surface area contributed by atoms with Gasteiger partial charge in [-0.2, -0.15) is 0 Å². The number of primary amides is 1. The van der Waals surface area contributed by atoms with Gasteiger partial charge in [-0.05, 0) is 64.2 Å². The number of carbonyl (C=O) groups is 2. The molecule has 0 heterocycles. The summed E-state index contributed by atoms with van der Waals surface area (Å²) >= 11 is 0. The van der Waals surface area contributed by atoms with Crippen LogP contribution in [0.3, 0.4) is 0 Å². The van der Waals surface area contributed by atoms with Crippen molar-refractivity contribution in [1.82, 2.24) is 5.32 Å². The molecule has 0 spiro atoms. The van der Waals surface area contributed by atoms with Gasteiger partial charge in [-0.1, -0.05) is 0 Å². The van der Waals surface area contributed by atoms with Gasteiger partial charge in [0.05, 0.1) is 0 Å². The van der Waals surface area contributed by atoms with E-state index in [4.69, 9.17) is 10.5 Å². The Bertz CT molecular complexity index is 355. The van der Waals surface area contributed by atoms with Crippen LogP contribution in [-0.4, -0.2) is 23.6 Å². The first-order valence-electron chi connectivity index (χ1n) is 7.07. The number of nitrogens with one attached hydrogen (secondary N) is 1. The number of hydrogen-bond acceptors (Lipinski definition) is 3. The molecule has 108 valence electrons. The van der Waals surface area contributed by atoms with Gasteiger partial charge >= 0.3 is 6.09 Å². The normalized spacial score (nSPS) is 21.1. The van der Waals surface area contributed by atoms with Crippen molar-refractivity contribution in [2.24, 2.45) is 23.5 Å². The van der Waals surface area contributed by atoms with Crippen LogP contribution in [0.4, 0.5) is 4.79 Å². The molecule has 2 aliphatic carbocycles. The molecular formula is C14H24N2O3. The molecule has 0 radical (unpaired) electrons. The van der Waals surface area contributed by atoms with Gasteiger partial charge < -0.3 is 15.8 Å². The van der Waals surface area contributed by atoms with Gasteiger partial charge in [0, 0.05) is 0 Å². The molecule has 3 N–H and O–H groups in total. The highest BCUT2D eigenvalue weighted by atomic mass is 16.6. The van der Waals surface area contributed by atoms with E-state index in [1.165, 1.54) is 0 Å².